The van der Waals surface area contributed by atoms with Crippen LogP contribution in [-0.2, 0) is 6.54 Å². The Morgan fingerprint density at radius 2 is 2.39 bits per heavy atom. The summed E-state index contributed by atoms with van der Waals surface area (Å²) in [6.07, 6.45) is 0.487. The lowest BCUT2D eigenvalue weighted by Gasteiger charge is -2.25. The topological polar surface area (TPSA) is 82.2 Å². The van der Waals surface area contributed by atoms with Crippen molar-refractivity contribution in [2.24, 2.45) is 5.84 Å². The fourth-order valence-electron chi connectivity index (χ4n) is 1.66. The normalized spacial score (nSPS) is 10.7. The average molecular weight is 266 g/mol. The van der Waals surface area contributed by atoms with E-state index in [-0.39, 0.29) is 5.91 Å². The van der Waals surface area contributed by atoms with Gasteiger partial charge in [0.1, 0.15) is 0 Å². The molecule has 6 heteroatoms. The van der Waals surface area contributed by atoms with Gasteiger partial charge in [0.15, 0.2) is 0 Å². The van der Waals surface area contributed by atoms with Gasteiger partial charge in [0.25, 0.3) is 5.91 Å². The summed E-state index contributed by atoms with van der Waals surface area (Å²) in [4.78, 5) is 14.4. The van der Waals surface area contributed by atoms with Crippen LogP contribution in [0.3, 0.4) is 0 Å². The van der Waals surface area contributed by atoms with Crippen molar-refractivity contribution in [3.63, 3.8) is 0 Å². The molecular weight excluding hydrogens is 248 g/mol. The lowest BCUT2D eigenvalue weighted by atomic mass is 10.2. The molecule has 0 aliphatic rings. The van der Waals surface area contributed by atoms with Gasteiger partial charge in [-0.1, -0.05) is 0 Å². The van der Waals surface area contributed by atoms with E-state index in [4.69, 9.17) is 11.1 Å². The first kappa shape index (κ1) is 14.6. The summed E-state index contributed by atoms with van der Waals surface area (Å²) in [7, 11) is 0. The fraction of sp³-hybridized carbons (Fsp3) is 0.500. The molecule has 18 heavy (non-hydrogen) atoms. The molecule has 0 fully saturated rings. The van der Waals surface area contributed by atoms with Crippen molar-refractivity contribution in [1.82, 2.24) is 10.3 Å². The summed E-state index contributed by atoms with van der Waals surface area (Å²) in [6.45, 7) is 5.51. The number of carbonyl (C=O) groups excluding carboxylic acids is 1. The maximum absolute atomic E-state index is 11.6. The number of rotatable bonds is 6. The van der Waals surface area contributed by atoms with E-state index in [0.29, 0.717) is 30.4 Å². The van der Waals surface area contributed by atoms with Crippen LogP contribution in [0.4, 0.5) is 0 Å². The molecule has 0 spiro atoms. The van der Waals surface area contributed by atoms with Crippen molar-refractivity contribution in [3.8, 4) is 6.07 Å². The molecule has 5 nitrogen and oxygen atoms in total. The van der Waals surface area contributed by atoms with Crippen LogP contribution in [0.25, 0.3) is 0 Å². The molecule has 1 aromatic heterocycles. The predicted octanol–water partition coefficient (Wildman–Crippen LogP) is 1.48. The zero-order valence-corrected chi connectivity index (χ0v) is 11.5. The summed E-state index contributed by atoms with van der Waals surface area (Å²) in [6, 6.07) is 4.40. The van der Waals surface area contributed by atoms with Crippen molar-refractivity contribution < 1.29 is 4.79 Å². The lowest BCUT2D eigenvalue weighted by Crippen LogP contribution is -2.33. The molecule has 3 N–H and O–H groups in total. The van der Waals surface area contributed by atoms with Crippen LogP contribution in [0.2, 0.25) is 0 Å². The quantitative estimate of drug-likeness (QED) is 0.464. The molecule has 0 aromatic carbocycles. The van der Waals surface area contributed by atoms with E-state index in [1.54, 1.807) is 0 Å². The van der Waals surface area contributed by atoms with E-state index in [1.165, 1.54) is 11.3 Å². The van der Waals surface area contributed by atoms with E-state index in [9.17, 15) is 4.79 Å². The number of nitrogens with one attached hydrogen (secondary N) is 1. The molecule has 0 atom stereocenters. The van der Waals surface area contributed by atoms with Gasteiger partial charge in [-0.2, -0.15) is 5.26 Å². The van der Waals surface area contributed by atoms with Crippen molar-refractivity contribution in [2.75, 3.05) is 6.54 Å². The Kier molecular flexibility index (Phi) is 5.78. The molecule has 0 saturated carbocycles. The molecule has 98 valence electrons. The summed E-state index contributed by atoms with van der Waals surface area (Å²) in [5.74, 6) is 4.89. The first-order valence-electron chi connectivity index (χ1n) is 5.78. The van der Waals surface area contributed by atoms with Crippen LogP contribution >= 0.6 is 11.3 Å². The highest BCUT2D eigenvalue weighted by atomic mass is 32.1. The van der Waals surface area contributed by atoms with E-state index >= 15 is 0 Å². The number of hydrazine groups is 1. The lowest BCUT2D eigenvalue weighted by molar-refractivity contribution is 0.0955. The van der Waals surface area contributed by atoms with E-state index in [0.717, 1.165) is 5.56 Å². The first-order chi connectivity index (χ1) is 8.60. The number of nitrogens with two attached hydrogens (primary N) is 1. The highest BCUT2D eigenvalue weighted by Gasteiger charge is 2.16. The molecule has 1 amide bonds. The van der Waals surface area contributed by atoms with Gasteiger partial charge in [0, 0.05) is 25.6 Å². The van der Waals surface area contributed by atoms with Gasteiger partial charge in [-0.3, -0.25) is 15.1 Å². The Morgan fingerprint density at radius 3 is 2.94 bits per heavy atom. The molecule has 1 aromatic rings. The van der Waals surface area contributed by atoms with Crippen molar-refractivity contribution in [2.45, 2.75) is 32.9 Å². The van der Waals surface area contributed by atoms with E-state index in [1.807, 2.05) is 11.4 Å². The van der Waals surface area contributed by atoms with Gasteiger partial charge in [0.05, 0.1) is 10.9 Å². The maximum atomic E-state index is 11.6. The van der Waals surface area contributed by atoms with Gasteiger partial charge >= 0.3 is 0 Å². The smallest absolute Gasteiger partial charge is 0.275 e. The molecule has 0 saturated heterocycles. The minimum absolute atomic E-state index is 0.260. The second-order valence-electron chi connectivity index (χ2n) is 4.22. The second-order valence-corrected chi connectivity index (χ2v) is 5.14. The Hall–Kier alpha value is -1.42. The summed E-state index contributed by atoms with van der Waals surface area (Å²) in [5.41, 5.74) is 3.11. The molecule has 0 unspecified atom stereocenters. The molecule has 0 aliphatic heterocycles. The Bertz CT molecular complexity index is 436. The largest absolute Gasteiger partial charge is 0.296 e. The van der Waals surface area contributed by atoms with Gasteiger partial charge in [-0.15, -0.1) is 11.3 Å². The number of hydrogen-bond acceptors (Lipinski definition) is 5. The summed E-state index contributed by atoms with van der Waals surface area (Å²) in [5, 5.41) is 10.5. The Balaban J connectivity index is 2.78. The molecule has 1 heterocycles. The standard InChI is InChI=1S/C12H18N4OS/c1-9(2)16(6-3-5-13)8-10-4-7-18-11(10)12(17)15-14/h4,7,9H,3,6,8,14H2,1-2H3,(H,15,17). The van der Waals surface area contributed by atoms with E-state index < -0.39 is 0 Å². The Morgan fingerprint density at radius 1 is 1.67 bits per heavy atom. The second kappa shape index (κ2) is 7.11. The molecule has 0 radical (unpaired) electrons. The minimum Gasteiger partial charge on any atom is -0.296 e. The van der Waals surface area contributed by atoms with Crippen LogP contribution in [0, 0.1) is 11.3 Å². The van der Waals surface area contributed by atoms with Crippen molar-refractivity contribution in [1.29, 1.82) is 5.26 Å². The number of nitrogens with zero attached hydrogens (tertiary/aromatic N) is 2. The third kappa shape index (κ3) is 3.81. The summed E-state index contributed by atoms with van der Waals surface area (Å²) >= 11 is 1.38. The number of nitrogen functional groups attached to an aromatic ring is 1. The van der Waals surface area contributed by atoms with Crippen LogP contribution in [0.15, 0.2) is 11.4 Å². The van der Waals surface area contributed by atoms with Crippen LogP contribution in [-0.4, -0.2) is 23.4 Å². The van der Waals surface area contributed by atoms with Crippen LogP contribution < -0.4 is 11.3 Å². The predicted molar refractivity (Wildman–Crippen MR) is 71.7 cm³/mol. The Labute approximate surface area is 111 Å². The molecular formula is C12H18N4OS. The zero-order chi connectivity index (χ0) is 13.5. The van der Waals surface area contributed by atoms with Gasteiger partial charge in [-0.05, 0) is 30.9 Å². The van der Waals surface area contributed by atoms with Gasteiger partial charge < -0.3 is 0 Å². The van der Waals surface area contributed by atoms with Crippen molar-refractivity contribution >= 4 is 17.2 Å². The SMILES string of the molecule is CC(C)N(CCC#N)Cc1ccsc1C(=O)NN. The highest BCUT2D eigenvalue weighted by molar-refractivity contribution is 7.12. The molecule has 1 rings (SSSR count). The summed E-state index contributed by atoms with van der Waals surface area (Å²) < 4.78 is 0. The van der Waals surface area contributed by atoms with Gasteiger partial charge in [0.2, 0.25) is 0 Å². The average Bonchev–Trinajstić information content (AvgIpc) is 2.81. The number of amides is 1. The number of nitriles is 1. The maximum Gasteiger partial charge on any atom is 0.275 e. The van der Waals surface area contributed by atoms with Crippen molar-refractivity contribution in [3.05, 3.63) is 21.9 Å². The first-order valence-corrected chi connectivity index (χ1v) is 6.66. The third-order valence-electron chi connectivity index (χ3n) is 2.70. The van der Waals surface area contributed by atoms with Crippen LogP contribution in [0.5, 0.6) is 0 Å². The number of hydrogen-bond donors (Lipinski definition) is 2. The molecule has 0 bridgehead atoms. The fourth-order valence-corrected chi connectivity index (χ4v) is 2.48. The third-order valence-corrected chi connectivity index (χ3v) is 3.65. The van der Waals surface area contributed by atoms with Crippen LogP contribution in [0.1, 0.15) is 35.5 Å². The zero-order valence-electron chi connectivity index (χ0n) is 10.6. The molecule has 0 aliphatic carbocycles. The monoisotopic (exact) mass is 266 g/mol. The van der Waals surface area contributed by atoms with E-state index in [2.05, 4.69) is 30.2 Å². The number of carbonyl (C=O) groups is 1. The minimum atomic E-state index is -0.260. The highest BCUT2D eigenvalue weighted by Crippen LogP contribution is 2.19. The number of thiophene rings is 1. The van der Waals surface area contributed by atoms with Gasteiger partial charge in [-0.25, -0.2) is 5.84 Å².